The van der Waals surface area contributed by atoms with Gasteiger partial charge in [-0.1, -0.05) is 20.8 Å². The van der Waals surface area contributed by atoms with Gasteiger partial charge >= 0.3 is 0 Å². The van der Waals surface area contributed by atoms with Gasteiger partial charge in [-0.25, -0.2) is 4.68 Å². The summed E-state index contributed by atoms with van der Waals surface area (Å²) in [5.74, 6) is 0.899. The predicted octanol–water partition coefficient (Wildman–Crippen LogP) is 1.18. The fraction of sp³-hybridized carbons (Fsp3) is 0.769. The summed E-state index contributed by atoms with van der Waals surface area (Å²) in [5.41, 5.74) is 1.23. The number of rotatable bonds is 4. The summed E-state index contributed by atoms with van der Waals surface area (Å²) in [7, 11) is 1.92. The minimum Gasteiger partial charge on any atom is -0.475 e. The molecule has 0 bridgehead atoms. The van der Waals surface area contributed by atoms with E-state index in [9.17, 15) is 0 Å². The van der Waals surface area contributed by atoms with Crippen molar-refractivity contribution in [2.75, 3.05) is 26.8 Å². The molecular formula is C13H23N3O2. The smallest absolute Gasteiger partial charge is 0.215 e. The van der Waals surface area contributed by atoms with Gasteiger partial charge in [0, 0.05) is 12.1 Å². The minimum absolute atomic E-state index is 0.0629. The van der Waals surface area contributed by atoms with Crippen LogP contribution in [0.3, 0.4) is 0 Å². The third-order valence-corrected chi connectivity index (χ3v) is 3.09. The highest BCUT2D eigenvalue weighted by atomic mass is 16.5. The molecule has 1 aliphatic heterocycles. The lowest BCUT2D eigenvalue weighted by Crippen LogP contribution is -2.35. The minimum atomic E-state index is 0.0629. The van der Waals surface area contributed by atoms with Gasteiger partial charge in [0.1, 0.15) is 12.7 Å². The molecule has 1 aliphatic rings. The Bertz CT molecular complexity index is 395. The van der Waals surface area contributed by atoms with Crippen molar-refractivity contribution in [1.29, 1.82) is 0 Å². The van der Waals surface area contributed by atoms with Crippen LogP contribution in [0.5, 0.6) is 5.88 Å². The number of aromatic nitrogens is 2. The maximum Gasteiger partial charge on any atom is 0.215 e. The van der Waals surface area contributed by atoms with E-state index in [1.54, 1.807) is 0 Å². The van der Waals surface area contributed by atoms with Crippen molar-refractivity contribution < 1.29 is 9.47 Å². The van der Waals surface area contributed by atoms with Crippen LogP contribution in [0.4, 0.5) is 0 Å². The van der Waals surface area contributed by atoms with E-state index in [1.165, 1.54) is 0 Å². The molecule has 0 aromatic carbocycles. The van der Waals surface area contributed by atoms with Crippen LogP contribution in [0.15, 0.2) is 6.20 Å². The molecule has 5 heteroatoms. The van der Waals surface area contributed by atoms with Gasteiger partial charge < -0.3 is 14.8 Å². The summed E-state index contributed by atoms with van der Waals surface area (Å²) in [6.07, 6.45) is 2.00. The van der Waals surface area contributed by atoms with Crippen molar-refractivity contribution in [2.45, 2.75) is 38.8 Å². The summed E-state index contributed by atoms with van der Waals surface area (Å²) in [6.45, 7) is 9.45. The van der Waals surface area contributed by atoms with E-state index in [0.717, 1.165) is 24.5 Å². The van der Waals surface area contributed by atoms with Gasteiger partial charge in [0.05, 0.1) is 19.3 Å². The zero-order valence-electron chi connectivity index (χ0n) is 11.7. The second kappa shape index (κ2) is 5.28. The molecule has 2 rings (SSSR count). The zero-order chi connectivity index (χ0) is 13.2. The first-order valence-corrected chi connectivity index (χ1v) is 6.47. The number of likely N-dealkylation sites (N-methyl/N-ethyl adjacent to an activating group) is 1. The first-order chi connectivity index (χ1) is 8.52. The van der Waals surface area contributed by atoms with Gasteiger partial charge in [-0.05, 0) is 12.5 Å². The van der Waals surface area contributed by atoms with E-state index >= 15 is 0 Å². The fourth-order valence-electron chi connectivity index (χ4n) is 2.02. The molecule has 0 fully saturated rings. The molecule has 0 radical (unpaired) electrons. The van der Waals surface area contributed by atoms with Crippen molar-refractivity contribution in [1.82, 2.24) is 15.1 Å². The molecule has 18 heavy (non-hydrogen) atoms. The highest BCUT2D eigenvalue weighted by molar-refractivity contribution is 5.32. The third-order valence-electron chi connectivity index (χ3n) is 3.09. The average Bonchev–Trinajstić information content (AvgIpc) is 2.72. The Morgan fingerprint density at radius 2 is 2.33 bits per heavy atom. The van der Waals surface area contributed by atoms with Crippen LogP contribution in [-0.2, 0) is 16.7 Å². The summed E-state index contributed by atoms with van der Waals surface area (Å²) in [4.78, 5) is 0. The van der Waals surface area contributed by atoms with Gasteiger partial charge in [0.25, 0.3) is 0 Å². The number of hydrogen-bond donors (Lipinski definition) is 1. The predicted molar refractivity (Wildman–Crippen MR) is 70.1 cm³/mol. The van der Waals surface area contributed by atoms with Gasteiger partial charge in [-0.2, -0.15) is 5.10 Å². The lowest BCUT2D eigenvalue weighted by molar-refractivity contribution is -0.0111. The standard InChI is InChI=1S/C13H23N3O2/c1-13(2,3)11-7-15-16-8-10(9-18-12(11)16)17-6-5-14-4/h7,10,14H,5-6,8-9H2,1-4H3/t10-/m1/s1. The molecular weight excluding hydrogens is 230 g/mol. The number of nitrogens with zero attached hydrogens (tertiary/aromatic N) is 2. The Labute approximate surface area is 108 Å². The summed E-state index contributed by atoms with van der Waals surface area (Å²) < 4.78 is 13.5. The molecule has 2 heterocycles. The first kappa shape index (κ1) is 13.4. The highest BCUT2D eigenvalue weighted by Gasteiger charge is 2.28. The molecule has 5 nitrogen and oxygen atoms in total. The molecule has 0 saturated heterocycles. The Morgan fingerprint density at radius 1 is 1.56 bits per heavy atom. The van der Waals surface area contributed by atoms with Gasteiger partial charge in [0.2, 0.25) is 5.88 Å². The average molecular weight is 253 g/mol. The number of ether oxygens (including phenoxy) is 2. The van der Waals surface area contributed by atoms with Gasteiger partial charge in [0.15, 0.2) is 0 Å². The Morgan fingerprint density at radius 3 is 3.00 bits per heavy atom. The second-order valence-corrected chi connectivity index (χ2v) is 5.70. The molecule has 0 unspecified atom stereocenters. The lowest BCUT2D eigenvalue weighted by atomic mass is 9.89. The second-order valence-electron chi connectivity index (χ2n) is 5.70. The summed E-state index contributed by atoms with van der Waals surface area (Å²) in [5, 5.41) is 7.46. The van der Waals surface area contributed by atoms with E-state index in [0.29, 0.717) is 13.2 Å². The van der Waals surface area contributed by atoms with Crippen LogP contribution >= 0.6 is 0 Å². The monoisotopic (exact) mass is 253 g/mol. The number of fused-ring (bicyclic) bond motifs is 1. The largest absolute Gasteiger partial charge is 0.475 e. The maximum absolute atomic E-state index is 5.82. The van der Waals surface area contributed by atoms with Crippen molar-refractivity contribution >= 4 is 0 Å². The van der Waals surface area contributed by atoms with Crippen molar-refractivity contribution in [2.24, 2.45) is 0 Å². The van der Waals surface area contributed by atoms with Crippen LogP contribution in [0.2, 0.25) is 0 Å². The fourth-order valence-corrected chi connectivity index (χ4v) is 2.02. The van der Waals surface area contributed by atoms with Gasteiger partial charge in [-0.3, -0.25) is 0 Å². The normalized spacial score (nSPS) is 19.4. The Balaban J connectivity index is 2.01. The van der Waals surface area contributed by atoms with E-state index in [1.807, 2.05) is 17.9 Å². The molecule has 0 aliphatic carbocycles. The Kier molecular flexibility index (Phi) is 3.92. The number of nitrogens with one attached hydrogen (secondary N) is 1. The number of hydrogen-bond acceptors (Lipinski definition) is 4. The molecule has 0 saturated carbocycles. The molecule has 1 atom stereocenters. The Hall–Kier alpha value is -1.07. The van der Waals surface area contributed by atoms with E-state index in [2.05, 4.69) is 31.2 Å². The molecule has 102 valence electrons. The molecule has 1 aromatic rings. The SMILES string of the molecule is CNCCO[C@H]1COc2c(C(C)(C)C)cnn2C1. The van der Waals surface area contributed by atoms with E-state index in [-0.39, 0.29) is 11.5 Å². The zero-order valence-corrected chi connectivity index (χ0v) is 11.7. The van der Waals surface area contributed by atoms with Crippen molar-refractivity contribution in [3.63, 3.8) is 0 Å². The quantitative estimate of drug-likeness (QED) is 0.819. The molecule has 0 amide bonds. The third kappa shape index (κ3) is 2.84. The topological polar surface area (TPSA) is 48.3 Å². The van der Waals surface area contributed by atoms with Gasteiger partial charge in [-0.15, -0.1) is 0 Å². The van der Waals surface area contributed by atoms with Crippen molar-refractivity contribution in [3.8, 4) is 5.88 Å². The van der Waals surface area contributed by atoms with E-state index < -0.39 is 0 Å². The summed E-state index contributed by atoms with van der Waals surface area (Å²) >= 11 is 0. The van der Waals surface area contributed by atoms with Crippen LogP contribution < -0.4 is 10.1 Å². The van der Waals surface area contributed by atoms with Crippen molar-refractivity contribution in [3.05, 3.63) is 11.8 Å². The van der Waals surface area contributed by atoms with Crippen LogP contribution in [0.1, 0.15) is 26.3 Å². The highest BCUT2D eigenvalue weighted by Crippen LogP contribution is 2.33. The van der Waals surface area contributed by atoms with E-state index in [4.69, 9.17) is 9.47 Å². The van der Waals surface area contributed by atoms with Crippen LogP contribution in [-0.4, -0.2) is 42.7 Å². The first-order valence-electron chi connectivity index (χ1n) is 6.47. The van der Waals surface area contributed by atoms with Crippen LogP contribution in [0.25, 0.3) is 0 Å². The lowest BCUT2D eigenvalue weighted by Gasteiger charge is -2.27. The maximum atomic E-state index is 5.82. The molecule has 1 aromatic heterocycles. The van der Waals surface area contributed by atoms with Crippen LogP contribution in [0, 0.1) is 0 Å². The molecule has 0 spiro atoms. The molecule has 1 N–H and O–H groups in total. The summed E-state index contributed by atoms with van der Waals surface area (Å²) in [6, 6.07) is 0.